The van der Waals surface area contributed by atoms with Crippen LogP contribution in [0.1, 0.15) is 23.2 Å². The largest absolute Gasteiger partial charge is 0.371 e. The number of pyridine rings is 1. The summed E-state index contributed by atoms with van der Waals surface area (Å²) in [5.74, 6) is 1.44. The maximum atomic E-state index is 13.4. The highest BCUT2D eigenvalue weighted by Gasteiger charge is 2.38. The highest BCUT2D eigenvalue weighted by Crippen LogP contribution is 2.32. The molecule has 0 spiro atoms. The number of halogens is 1. The molecule has 6 rings (SSSR count). The van der Waals surface area contributed by atoms with Crippen LogP contribution in [0.5, 0.6) is 0 Å². The molecular weight excluding hydrogens is 357 g/mol. The first-order valence-electron chi connectivity index (χ1n) is 9.59. The second-order valence-corrected chi connectivity index (χ2v) is 7.67. The quantitative estimate of drug-likeness (QED) is 0.750. The monoisotopic (exact) mass is 379 g/mol. The van der Waals surface area contributed by atoms with E-state index in [9.17, 15) is 4.39 Å². The van der Waals surface area contributed by atoms with Crippen LogP contribution in [0.2, 0.25) is 0 Å². The van der Waals surface area contributed by atoms with E-state index in [4.69, 9.17) is 4.74 Å². The number of anilines is 2. The third-order valence-corrected chi connectivity index (χ3v) is 5.67. The molecule has 2 aromatic heterocycles. The topological polar surface area (TPSA) is 63.2 Å². The molecule has 6 nitrogen and oxygen atoms in total. The van der Waals surface area contributed by atoms with Gasteiger partial charge in [-0.2, -0.15) is 5.10 Å². The average Bonchev–Trinajstić information content (AvgIpc) is 2.68. The minimum Gasteiger partial charge on any atom is -0.371 e. The fourth-order valence-corrected chi connectivity index (χ4v) is 4.04. The molecule has 3 aromatic rings. The molecule has 0 saturated carbocycles. The summed E-state index contributed by atoms with van der Waals surface area (Å²) in [5.41, 5.74) is 2.79. The molecule has 7 heteroatoms. The second-order valence-electron chi connectivity index (χ2n) is 7.67. The second kappa shape index (κ2) is 6.67. The van der Waals surface area contributed by atoms with Gasteiger partial charge in [0.2, 0.25) is 0 Å². The van der Waals surface area contributed by atoms with Crippen LogP contribution in [0.15, 0.2) is 30.5 Å². The number of nitrogens with zero attached hydrogens (tertiary/aromatic N) is 4. The lowest BCUT2D eigenvalue weighted by Crippen LogP contribution is -2.57. The van der Waals surface area contributed by atoms with E-state index < -0.39 is 0 Å². The van der Waals surface area contributed by atoms with Crippen LogP contribution >= 0.6 is 0 Å². The third kappa shape index (κ3) is 3.05. The Balaban J connectivity index is 1.45. The zero-order chi connectivity index (χ0) is 19.3. The van der Waals surface area contributed by atoms with Gasteiger partial charge in [-0.15, -0.1) is 5.10 Å². The van der Waals surface area contributed by atoms with Gasteiger partial charge in [-0.25, -0.2) is 9.37 Å². The minimum atomic E-state index is -0.221. The molecule has 2 unspecified atom stereocenters. The zero-order valence-electron chi connectivity index (χ0n) is 15.9. The standard InChI is InChI=1S/C21H22FN5O/c1-12-5-15(22)4-3-14(12)8-24-21-18-7-20(23-9-19(18)13(2)25-26-21)27-10-16-6-17(11-27)28-16/h3-5,7,9,16-17H,6,8,10-11H2,1-2H3,(H,24,26). The summed E-state index contributed by atoms with van der Waals surface area (Å²) in [5, 5.41) is 14.0. The Morgan fingerprint density at radius 3 is 2.68 bits per heavy atom. The molecule has 2 bridgehead atoms. The van der Waals surface area contributed by atoms with Crippen LogP contribution in [-0.4, -0.2) is 40.5 Å². The SMILES string of the molecule is Cc1cc(F)ccc1CNc1nnc(C)c2cnc(N3CC4CC(C3)O4)cc12. The van der Waals surface area contributed by atoms with Gasteiger partial charge in [0.1, 0.15) is 11.6 Å². The Morgan fingerprint density at radius 2 is 1.93 bits per heavy atom. The Morgan fingerprint density at radius 1 is 1.14 bits per heavy atom. The van der Waals surface area contributed by atoms with E-state index in [1.165, 1.54) is 6.07 Å². The van der Waals surface area contributed by atoms with Gasteiger partial charge in [0.25, 0.3) is 0 Å². The van der Waals surface area contributed by atoms with Crippen LogP contribution in [0, 0.1) is 19.7 Å². The Labute approximate surface area is 162 Å². The van der Waals surface area contributed by atoms with E-state index in [1.807, 2.05) is 20.0 Å². The Hall–Kier alpha value is -2.80. The molecule has 3 aliphatic rings. The molecular formula is C21H22FN5O. The molecule has 1 aromatic carbocycles. The number of aryl methyl sites for hydroxylation is 2. The third-order valence-electron chi connectivity index (χ3n) is 5.67. The van der Waals surface area contributed by atoms with E-state index in [0.29, 0.717) is 24.6 Å². The molecule has 0 aliphatic carbocycles. The predicted octanol–water partition coefficient (Wildman–Crippen LogP) is 3.37. The lowest BCUT2D eigenvalue weighted by atomic mass is 9.99. The number of hydrogen-bond acceptors (Lipinski definition) is 6. The fraction of sp³-hybridized carbons (Fsp3) is 0.381. The molecule has 2 atom stereocenters. The van der Waals surface area contributed by atoms with Crippen molar-refractivity contribution in [2.24, 2.45) is 0 Å². The Kier molecular flexibility index (Phi) is 4.12. The highest BCUT2D eigenvalue weighted by molar-refractivity contribution is 5.94. The number of fused-ring (bicyclic) bond motifs is 3. The van der Waals surface area contributed by atoms with Gasteiger partial charge in [0.05, 0.1) is 17.9 Å². The molecule has 144 valence electrons. The first-order chi connectivity index (χ1) is 13.6. The smallest absolute Gasteiger partial charge is 0.157 e. The Bertz CT molecular complexity index is 1040. The summed E-state index contributed by atoms with van der Waals surface area (Å²) in [6, 6.07) is 6.91. The maximum absolute atomic E-state index is 13.4. The zero-order valence-corrected chi connectivity index (χ0v) is 15.9. The summed E-state index contributed by atoms with van der Waals surface area (Å²) in [7, 11) is 0. The van der Waals surface area contributed by atoms with Crippen LogP contribution in [-0.2, 0) is 11.3 Å². The van der Waals surface area contributed by atoms with E-state index in [-0.39, 0.29) is 5.82 Å². The molecule has 1 N–H and O–H groups in total. The number of hydrogen-bond donors (Lipinski definition) is 1. The number of nitrogens with one attached hydrogen (secondary N) is 1. The number of rotatable bonds is 4. The van der Waals surface area contributed by atoms with E-state index in [0.717, 1.165) is 52.9 Å². The van der Waals surface area contributed by atoms with Gasteiger partial charge in [-0.3, -0.25) is 0 Å². The van der Waals surface area contributed by atoms with Crippen molar-refractivity contribution < 1.29 is 9.13 Å². The van der Waals surface area contributed by atoms with E-state index in [1.54, 1.807) is 12.1 Å². The molecule has 5 heterocycles. The summed E-state index contributed by atoms with van der Waals surface area (Å²) in [4.78, 5) is 6.95. The van der Waals surface area contributed by atoms with Gasteiger partial charge in [-0.05, 0) is 43.2 Å². The summed E-state index contributed by atoms with van der Waals surface area (Å²) >= 11 is 0. The van der Waals surface area contributed by atoms with Gasteiger partial charge in [0, 0.05) is 43.0 Å². The number of benzene rings is 1. The van der Waals surface area contributed by atoms with Crippen LogP contribution < -0.4 is 10.2 Å². The predicted molar refractivity (Wildman–Crippen MR) is 106 cm³/mol. The van der Waals surface area contributed by atoms with E-state index >= 15 is 0 Å². The number of piperidine rings is 1. The summed E-state index contributed by atoms with van der Waals surface area (Å²) < 4.78 is 19.1. The van der Waals surface area contributed by atoms with Crippen LogP contribution in [0.3, 0.4) is 0 Å². The molecule has 3 aliphatic heterocycles. The van der Waals surface area contributed by atoms with E-state index in [2.05, 4.69) is 31.5 Å². The van der Waals surface area contributed by atoms with Crippen molar-refractivity contribution in [3.05, 3.63) is 53.1 Å². The molecule has 0 amide bonds. The lowest BCUT2D eigenvalue weighted by Gasteiger charge is -2.47. The lowest BCUT2D eigenvalue weighted by molar-refractivity contribution is -0.133. The van der Waals surface area contributed by atoms with Crippen molar-refractivity contribution in [2.75, 3.05) is 23.3 Å². The molecule has 0 radical (unpaired) electrons. The maximum Gasteiger partial charge on any atom is 0.157 e. The van der Waals surface area contributed by atoms with Crippen molar-refractivity contribution >= 4 is 22.4 Å². The first-order valence-corrected chi connectivity index (χ1v) is 9.59. The van der Waals surface area contributed by atoms with Crippen molar-refractivity contribution in [3.8, 4) is 0 Å². The summed E-state index contributed by atoms with van der Waals surface area (Å²) in [6.45, 7) is 6.16. The number of ether oxygens (including phenoxy) is 1. The minimum absolute atomic E-state index is 0.221. The van der Waals surface area contributed by atoms with Gasteiger partial charge in [0.15, 0.2) is 5.82 Å². The molecule has 3 saturated heterocycles. The van der Waals surface area contributed by atoms with Crippen molar-refractivity contribution in [1.82, 2.24) is 15.2 Å². The highest BCUT2D eigenvalue weighted by atomic mass is 19.1. The average molecular weight is 379 g/mol. The van der Waals surface area contributed by atoms with Gasteiger partial charge >= 0.3 is 0 Å². The van der Waals surface area contributed by atoms with Gasteiger partial charge < -0.3 is 15.0 Å². The van der Waals surface area contributed by atoms with Crippen LogP contribution in [0.25, 0.3) is 10.8 Å². The number of morpholine rings is 1. The molecule has 3 fully saturated rings. The van der Waals surface area contributed by atoms with Crippen molar-refractivity contribution in [1.29, 1.82) is 0 Å². The van der Waals surface area contributed by atoms with Crippen molar-refractivity contribution in [3.63, 3.8) is 0 Å². The summed E-state index contributed by atoms with van der Waals surface area (Å²) in [6.07, 6.45) is 3.68. The molecule has 28 heavy (non-hydrogen) atoms. The fourth-order valence-electron chi connectivity index (χ4n) is 4.04. The first kappa shape index (κ1) is 17.3. The van der Waals surface area contributed by atoms with Crippen LogP contribution in [0.4, 0.5) is 16.0 Å². The number of aromatic nitrogens is 3. The van der Waals surface area contributed by atoms with Gasteiger partial charge in [-0.1, -0.05) is 6.07 Å². The normalized spacial score (nSPS) is 20.9. The van der Waals surface area contributed by atoms with Crippen molar-refractivity contribution in [2.45, 2.75) is 39.0 Å².